The van der Waals surface area contributed by atoms with E-state index < -0.39 is 17.8 Å². The van der Waals surface area contributed by atoms with Crippen LogP contribution in [0.15, 0.2) is 22.8 Å². The first kappa shape index (κ1) is 18.4. The number of hydrogen-bond donors (Lipinski definition) is 2. The van der Waals surface area contributed by atoms with Crippen LogP contribution >= 0.6 is 0 Å². The van der Waals surface area contributed by atoms with Crippen molar-refractivity contribution in [3.63, 3.8) is 0 Å². The van der Waals surface area contributed by atoms with Crippen LogP contribution in [0.2, 0.25) is 0 Å². The molecule has 0 radical (unpaired) electrons. The lowest BCUT2D eigenvalue weighted by Gasteiger charge is -2.28. The zero-order valence-electron chi connectivity index (χ0n) is 14.6. The minimum atomic E-state index is -0.904. The number of nitrogens with one attached hydrogen (secondary N) is 1. The van der Waals surface area contributed by atoms with E-state index in [2.05, 4.69) is 5.32 Å². The third kappa shape index (κ3) is 4.43. The second-order valence-electron chi connectivity index (χ2n) is 6.89. The molecule has 2 atom stereocenters. The smallest absolute Gasteiger partial charge is 0.308 e. The summed E-state index contributed by atoms with van der Waals surface area (Å²) < 4.78 is 10.5. The van der Waals surface area contributed by atoms with Crippen LogP contribution in [0.5, 0.6) is 0 Å². The standard InChI is InChI=1S/C18H24N2O6/c21-16-8-13(10-20(16)11-14-2-1-5-26-14)17(22)19-9-15(18(23)24)12-3-6-25-7-4-12/h1-2,5,12-13,15H,3-4,6-11H2,(H,19,22)(H,23,24). The van der Waals surface area contributed by atoms with Gasteiger partial charge in [0.05, 0.1) is 24.6 Å². The van der Waals surface area contributed by atoms with Gasteiger partial charge in [-0.3, -0.25) is 14.4 Å². The Balaban J connectivity index is 1.51. The summed E-state index contributed by atoms with van der Waals surface area (Å²) in [7, 11) is 0. The van der Waals surface area contributed by atoms with Gasteiger partial charge >= 0.3 is 5.97 Å². The Hall–Kier alpha value is -2.35. The van der Waals surface area contributed by atoms with Crippen LogP contribution < -0.4 is 5.32 Å². The van der Waals surface area contributed by atoms with E-state index in [4.69, 9.17) is 9.15 Å². The summed E-state index contributed by atoms with van der Waals surface area (Å²) in [6.45, 7) is 1.86. The monoisotopic (exact) mass is 364 g/mol. The molecule has 26 heavy (non-hydrogen) atoms. The van der Waals surface area contributed by atoms with Gasteiger partial charge < -0.3 is 24.5 Å². The zero-order valence-corrected chi connectivity index (χ0v) is 14.6. The van der Waals surface area contributed by atoms with Crippen LogP contribution in [0.4, 0.5) is 0 Å². The second-order valence-corrected chi connectivity index (χ2v) is 6.89. The van der Waals surface area contributed by atoms with E-state index in [-0.39, 0.29) is 30.7 Å². The number of hydrogen-bond acceptors (Lipinski definition) is 5. The first-order chi connectivity index (χ1) is 12.5. The number of carboxylic acid groups (broad SMARTS) is 1. The predicted molar refractivity (Wildman–Crippen MR) is 89.9 cm³/mol. The molecule has 2 saturated heterocycles. The number of rotatable bonds is 7. The zero-order chi connectivity index (χ0) is 18.5. The molecule has 8 heteroatoms. The predicted octanol–water partition coefficient (Wildman–Crippen LogP) is 0.872. The molecule has 0 spiro atoms. The highest BCUT2D eigenvalue weighted by Crippen LogP contribution is 2.25. The lowest BCUT2D eigenvalue weighted by atomic mass is 9.86. The second kappa shape index (κ2) is 8.35. The molecule has 2 aliphatic heterocycles. The van der Waals surface area contributed by atoms with Crippen LogP contribution in [0.1, 0.15) is 25.0 Å². The number of nitrogens with zero attached hydrogens (tertiary/aromatic N) is 1. The van der Waals surface area contributed by atoms with E-state index >= 15 is 0 Å². The normalized spacial score (nSPS) is 22.4. The fourth-order valence-corrected chi connectivity index (χ4v) is 3.62. The number of furan rings is 1. The van der Waals surface area contributed by atoms with E-state index in [9.17, 15) is 19.5 Å². The van der Waals surface area contributed by atoms with Gasteiger partial charge in [-0.2, -0.15) is 0 Å². The fraction of sp³-hybridized carbons (Fsp3) is 0.611. The van der Waals surface area contributed by atoms with E-state index in [0.29, 0.717) is 44.9 Å². The Bertz CT molecular complexity index is 638. The maximum atomic E-state index is 12.4. The van der Waals surface area contributed by atoms with Crippen LogP contribution in [-0.2, 0) is 25.7 Å². The van der Waals surface area contributed by atoms with E-state index in [1.54, 1.807) is 23.3 Å². The third-order valence-corrected chi connectivity index (χ3v) is 5.16. The van der Waals surface area contributed by atoms with Gasteiger partial charge in [0, 0.05) is 32.7 Å². The van der Waals surface area contributed by atoms with E-state index in [1.165, 1.54) is 0 Å². The number of carboxylic acids is 1. The molecule has 142 valence electrons. The molecule has 2 fully saturated rings. The molecule has 0 bridgehead atoms. The van der Waals surface area contributed by atoms with Crippen molar-refractivity contribution in [3.05, 3.63) is 24.2 Å². The number of carbonyl (C=O) groups is 3. The van der Waals surface area contributed by atoms with Crippen LogP contribution in [0.3, 0.4) is 0 Å². The topological polar surface area (TPSA) is 109 Å². The quantitative estimate of drug-likeness (QED) is 0.743. The SMILES string of the molecule is O=C(NCC(C(=O)O)C1CCOCC1)C1CC(=O)N(Cc2ccco2)C1. The van der Waals surface area contributed by atoms with Gasteiger partial charge in [0.25, 0.3) is 0 Å². The maximum Gasteiger partial charge on any atom is 0.308 e. The lowest BCUT2D eigenvalue weighted by molar-refractivity contribution is -0.145. The molecular formula is C18H24N2O6. The van der Waals surface area contributed by atoms with E-state index in [1.807, 2.05) is 0 Å². The Labute approximate surface area is 151 Å². The van der Waals surface area contributed by atoms with Crippen molar-refractivity contribution in [2.24, 2.45) is 17.8 Å². The highest BCUT2D eigenvalue weighted by molar-refractivity contribution is 5.89. The molecule has 0 aliphatic carbocycles. The first-order valence-electron chi connectivity index (χ1n) is 8.93. The molecule has 2 N–H and O–H groups in total. The summed E-state index contributed by atoms with van der Waals surface area (Å²) in [6.07, 6.45) is 3.06. The summed E-state index contributed by atoms with van der Waals surface area (Å²) >= 11 is 0. The molecule has 1 aromatic heterocycles. The summed E-state index contributed by atoms with van der Waals surface area (Å²) in [5, 5.41) is 12.2. The fourth-order valence-electron chi connectivity index (χ4n) is 3.62. The first-order valence-corrected chi connectivity index (χ1v) is 8.93. The van der Waals surface area contributed by atoms with Crippen molar-refractivity contribution < 1.29 is 28.6 Å². The van der Waals surface area contributed by atoms with Gasteiger partial charge in [0.15, 0.2) is 0 Å². The number of ether oxygens (including phenoxy) is 1. The van der Waals surface area contributed by atoms with Crippen molar-refractivity contribution in [2.75, 3.05) is 26.3 Å². The molecule has 3 heterocycles. The van der Waals surface area contributed by atoms with Gasteiger partial charge in [-0.1, -0.05) is 0 Å². The molecule has 8 nitrogen and oxygen atoms in total. The number of carbonyl (C=O) groups excluding carboxylic acids is 2. The minimum absolute atomic E-state index is 0.00205. The molecule has 2 unspecified atom stereocenters. The third-order valence-electron chi connectivity index (χ3n) is 5.16. The van der Waals surface area contributed by atoms with Gasteiger partial charge in [0.2, 0.25) is 11.8 Å². The molecule has 0 saturated carbocycles. The Kier molecular flexibility index (Phi) is 5.92. The maximum absolute atomic E-state index is 12.4. The van der Waals surface area contributed by atoms with Crippen LogP contribution in [0.25, 0.3) is 0 Å². The molecule has 2 amide bonds. The van der Waals surface area contributed by atoms with Gasteiger partial charge in [-0.25, -0.2) is 0 Å². The van der Waals surface area contributed by atoms with Crippen LogP contribution in [0, 0.1) is 17.8 Å². The summed E-state index contributed by atoms with van der Waals surface area (Å²) in [5.41, 5.74) is 0. The molecule has 3 rings (SSSR count). The Morgan fingerprint density at radius 1 is 1.35 bits per heavy atom. The lowest BCUT2D eigenvalue weighted by Crippen LogP contribution is -2.41. The average molecular weight is 364 g/mol. The Morgan fingerprint density at radius 3 is 2.77 bits per heavy atom. The highest BCUT2D eigenvalue weighted by Gasteiger charge is 2.36. The summed E-state index contributed by atoms with van der Waals surface area (Å²) in [5.74, 6) is -1.67. The van der Waals surface area contributed by atoms with Gasteiger partial charge in [-0.05, 0) is 30.9 Å². The van der Waals surface area contributed by atoms with Gasteiger partial charge in [-0.15, -0.1) is 0 Å². The molecule has 0 aromatic carbocycles. The minimum Gasteiger partial charge on any atom is -0.481 e. The number of amides is 2. The van der Waals surface area contributed by atoms with Crippen molar-refractivity contribution in [3.8, 4) is 0 Å². The molecular weight excluding hydrogens is 340 g/mol. The van der Waals surface area contributed by atoms with Crippen molar-refractivity contribution in [1.82, 2.24) is 10.2 Å². The number of aliphatic carboxylic acids is 1. The van der Waals surface area contributed by atoms with Gasteiger partial charge in [0.1, 0.15) is 5.76 Å². The van der Waals surface area contributed by atoms with Crippen LogP contribution in [-0.4, -0.2) is 54.1 Å². The highest BCUT2D eigenvalue weighted by atomic mass is 16.5. The largest absolute Gasteiger partial charge is 0.481 e. The van der Waals surface area contributed by atoms with Crippen molar-refractivity contribution >= 4 is 17.8 Å². The summed E-state index contributed by atoms with van der Waals surface area (Å²) in [4.78, 5) is 37.7. The van der Waals surface area contributed by atoms with Crippen molar-refractivity contribution in [1.29, 1.82) is 0 Å². The van der Waals surface area contributed by atoms with E-state index in [0.717, 1.165) is 0 Å². The number of likely N-dealkylation sites (tertiary alicyclic amines) is 1. The van der Waals surface area contributed by atoms with Crippen molar-refractivity contribution in [2.45, 2.75) is 25.8 Å². The summed E-state index contributed by atoms with van der Waals surface area (Å²) in [6, 6.07) is 3.54. The average Bonchev–Trinajstić information content (AvgIpc) is 3.26. The Morgan fingerprint density at radius 2 is 2.12 bits per heavy atom. The molecule has 1 aromatic rings. The molecule has 2 aliphatic rings.